The van der Waals surface area contributed by atoms with E-state index in [1.54, 1.807) is 31.4 Å². The SMILES string of the molecule is COCCCn1c(C)nnc1S[C@@H](C)C(=O)Nc1ccc(C(C)=O)cc1. The lowest BCUT2D eigenvalue weighted by molar-refractivity contribution is -0.115. The predicted octanol–water partition coefficient (Wildman–Crippen LogP) is 2.94. The zero-order valence-electron chi connectivity index (χ0n) is 15.5. The van der Waals surface area contributed by atoms with Crippen LogP contribution in [0.4, 0.5) is 5.69 Å². The highest BCUT2D eigenvalue weighted by Crippen LogP contribution is 2.23. The second-order valence-corrected chi connectivity index (χ2v) is 7.22. The molecule has 0 radical (unpaired) electrons. The number of nitrogens with one attached hydrogen (secondary N) is 1. The van der Waals surface area contributed by atoms with Crippen LogP contribution in [0.25, 0.3) is 0 Å². The number of ether oxygens (including phenoxy) is 1. The number of hydrogen-bond acceptors (Lipinski definition) is 6. The minimum absolute atomic E-state index is 0.00465. The van der Waals surface area contributed by atoms with Gasteiger partial charge in [0.25, 0.3) is 0 Å². The number of methoxy groups -OCH3 is 1. The lowest BCUT2D eigenvalue weighted by Gasteiger charge is -2.13. The van der Waals surface area contributed by atoms with Gasteiger partial charge in [-0.05, 0) is 51.5 Å². The van der Waals surface area contributed by atoms with E-state index in [1.807, 2.05) is 18.4 Å². The fourth-order valence-corrected chi connectivity index (χ4v) is 3.24. The molecule has 0 aliphatic carbocycles. The van der Waals surface area contributed by atoms with Gasteiger partial charge in [0, 0.05) is 31.5 Å². The van der Waals surface area contributed by atoms with Crippen molar-refractivity contribution in [2.45, 2.75) is 44.1 Å². The zero-order valence-corrected chi connectivity index (χ0v) is 16.3. The Bertz CT molecular complexity index is 758. The second kappa shape index (κ2) is 9.49. The van der Waals surface area contributed by atoms with Gasteiger partial charge in [-0.3, -0.25) is 9.59 Å². The van der Waals surface area contributed by atoms with Crippen molar-refractivity contribution in [1.29, 1.82) is 0 Å². The number of amides is 1. The number of benzene rings is 1. The topological polar surface area (TPSA) is 86.1 Å². The van der Waals surface area contributed by atoms with Crippen LogP contribution in [0.2, 0.25) is 0 Å². The number of Topliss-reactive ketones (excluding diaryl/α,β-unsaturated/α-hetero) is 1. The molecule has 1 atom stereocenters. The molecule has 0 unspecified atom stereocenters. The third-order valence-electron chi connectivity index (χ3n) is 3.84. The number of ketones is 1. The van der Waals surface area contributed by atoms with Gasteiger partial charge >= 0.3 is 0 Å². The summed E-state index contributed by atoms with van der Waals surface area (Å²) in [5.41, 5.74) is 1.27. The summed E-state index contributed by atoms with van der Waals surface area (Å²) in [6.45, 7) is 6.64. The fourth-order valence-electron chi connectivity index (χ4n) is 2.32. The molecule has 0 aliphatic rings. The number of aromatic nitrogens is 3. The van der Waals surface area contributed by atoms with Gasteiger partial charge in [-0.25, -0.2) is 0 Å². The Hall–Kier alpha value is -2.19. The molecule has 2 aromatic rings. The van der Waals surface area contributed by atoms with Crippen molar-refractivity contribution >= 4 is 29.1 Å². The van der Waals surface area contributed by atoms with Crippen LogP contribution in [0.3, 0.4) is 0 Å². The highest BCUT2D eigenvalue weighted by Gasteiger charge is 2.19. The molecule has 1 N–H and O–H groups in total. The molecule has 2 rings (SSSR count). The molecule has 1 heterocycles. The van der Waals surface area contributed by atoms with E-state index >= 15 is 0 Å². The second-order valence-electron chi connectivity index (χ2n) is 5.91. The molecule has 140 valence electrons. The summed E-state index contributed by atoms with van der Waals surface area (Å²) in [5.74, 6) is 0.681. The smallest absolute Gasteiger partial charge is 0.237 e. The first kappa shape index (κ1) is 20.1. The molecular weight excluding hydrogens is 352 g/mol. The van der Waals surface area contributed by atoms with Gasteiger partial charge in [-0.15, -0.1) is 10.2 Å². The molecule has 0 aliphatic heterocycles. The van der Waals surface area contributed by atoms with Gasteiger partial charge in [-0.1, -0.05) is 11.8 Å². The van der Waals surface area contributed by atoms with Gasteiger partial charge < -0.3 is 14.6 Å². The Kier molecular flexibility index (Phi) is 7.35. The lowest BCUT2D eigenvalue weighted by Crippen LogP contribution is -2.23. The molecule has 0 spiro atoms. The molecule has 0 bridgehead atoms. The Balaban J connectivity index is 1.97. The Morgan fingerprint density at radius 3 is 2.58 bits per heavy atom. The summed E-state index contributed by atoms with van der Waals surface area (Å²) in [7, 11) is 1.67. The van der Waals surface area contributed by atoms with Crippen LogP contribution in [-0.2, 0) is 16.1 Å². The number of rotatable bonds is 9. The Morgan fingerprint density at radius 1 is 1.27 bits per heavy atom. The number of aryl methyl sites for hydroxylation is 1. The van der Waals surface area contributed by atoms with E-state index in [1.165, 1.54) is 18.7 Å². The first-order valence-corrected chi connectivity index (χ1v) is 9.27. The molecular formula is C18H24N4O3S. The van der Waals surface area contributed by atoms with E-state index in [0.717, 1.165) is 18.8 Å². The van der Waals surface area contributed by atoms with Crippen molar-refractivity contribution in [3.63, 3.8) is 0 Å². The zero-order chi connectivity index (χ0) is 19.1. The quantitative estimate of drug-likeness (QED) is 0.411. The van der Waals surface area contributed by atoms with E-state index in [2.05, 4.69) is 15.5 Å². The van der Waals surface area contributed by atoms with Gasteiger partial charge in [0.05, 0.1) is 5.25 Å². The summed E-state index contributed by atoms with van der Waals surface area (Å²) in [6, 6.07) is 6.85. The van der Waals surface area contributed by atoms with Crippen LogP contribution in [0.1, 0.15) is 36.5 Å². The number of thioether (sulfide) groups is 1. The number of anilines is 1. The number of carbonyl (C=O) groups is 2. The van der Waals surface area contributed by atoms with Crippen LogP contribution in [-0.4, -0.2) is 45.4 Å². The van der Waals surface area contributed by atoms with Gasteiger partial charge in [0.2, 0.25) is 5.91 Å². The molecule has 0 fully saturated rings. The van der Waals surface area contributed by atoms with Crippen LogP contribution >= 0.6 is 11.8 Å². The Morgan fingerprint density at radius 2 is 1.96 bits per heavy atom. The molecule has 1 amide bonds. The molecule has 26 heavy (non-hydrogen) atoms. The van der Waals surface area contributed by atoms with E-state index in [4.69, 9.17) is 4.74 Å². The number of hydrogen-bond donors (Lipinski definition) is 1. The van der Waals surface area contributed by atoms with E-state index in [-0.39, 0.29) is 16.9 Å². The Labute approximate surface area is 157 Å². The van der Waals surface area contributed by atoms with Crippen molar-refractivity contribution in [3.05, 3.63) is 35.7 Å². The normalized spacial score (nSPS) is 12.0. The number of carbonyl (C=O) groups excluding carboxylic acids is 2. The van der Waals surface area contributed by atoms with Crippen molar-refractivity contribution in [2.24, 2.45) is 0 Å². The predicted molar refractivity (Wildman–Crippen MR) is 102 cm³/mol. The van der Waals surface area contributed by atoms with Crippen LogP contribution in [0.15, 0.2) is 29.4 Å². The lowest BCUT2D eigenvalue weighted by atomic mass is 10.1. The molecule has 1 aromatic heterocycles. The first-order valence-electron chi connectivity index (χ1n) is 8.39. The minimum Gasteiger partial charge on any atom is -0.385 e. The third kappa shape index (κ3) is 5.40. The largest absolute Gasteiger partial charge is 0.385 e. The van der Waals surface area contributed by atoms with Crippen LogP contribution < -0.4 is 5.32 Å². The maximum Gasteiger partial charge on any atom is 0.237 e. The molecule has 0 saturated carbocycles. The monoisotopic (exact) mass is 376 g/mol. The highest BCUT2D eigenvalue weighted by molar-refractivity contribution is 8.00. The summed E-state index contributed by atoms with van der Waals surface area (Å²) >= 11 is 1.37. The fraction of sp³-hybridized carbons (Fsp3) is 0.444. The molecule has 7 nitrogen and oxygen atoms in total. The van der Waals surface area contributed by atoms with E-state index < -0.39 is 0 Å². The van der Waals surface area contributed by atoms with Crippen molar-refractivity contribution in [2.75, 3.05) is 19.0 Å². The third-order valence-corrected chi connectivity index (χ3v) is 4.92. The first-order chi connectivity index (χ1) is 12.4. The van der Waals surface area contributed by atoms with Crippen molar-refractivity contribution in [3.8, 4) is 0 Å². The minimum atomic E-state index is -0.341. The highest BCUT2D eigenvalue weighted by atomic mass is 32.2. The van der Waals surface area contributed by atoms with E-state index in [0.29, 0.717) is 23.0 Å². The summed E-state index contributed by atoms with van der Waals surface area (Å²) in [4.78, 5) is 23.7. The summed E-state index contributed by atoms with van der Waals surface area (Å²) in [6.07, 6.45) is 0.853. The maximum absolute atomic E-state index is 12.4. The average molecular weight is 376 g/mol. The van der Waals surface area contributed by atoms with Crippen molar-refractivity contribution in [1.82, 2.24) is 14.8 Å². The molecule has 8 heteroatoms. The van der Waals surface area contributed by atoms with Crippen LogP contribution in [0.5, 0.6) is 0 Å². The van der Waals surface area contributed by atoms with Gasteiger partial charge in [0.1, 0.15) is 5.82 Å². The molecule has 0 saturated heterocycles. The van der Waals surface area contributed by atoms with Crippen LogP contribution in [0, 0.1) is 6.92 Å². The van der Waals surface area contributed by atoms with Crippen molar-refractivity contribution < 1.29 is 14.3 Å². The molecule has 1 aromatic carbocycles. The van der Waals surface area contributed by atoms with E-state index in [9.17, 15) is 9.59 Å². The van der Waals surface area contributed by atoms with Gasteiger partial charge in [-0.2, -0.15) is 0 Å². The number of nitrogens with zero attached hydrogens (tertiary/aromatic N) is 3. The standard InChI is InChI=1S/C18H24N4O3S/c1-12(23)15-6-8-16(9-7-15)19-17(24)13(2)26-18-21-20-14(3)22(18)10-5-11-25-4/h6-9,13H,5,10-11H2,1-4H3,(H,19,24)/t13-/m0/s1. The summed E-state index contributed by atoms with van der Waals surface area (Å²) < 4.78 is 7.08. The summed E-state index contributed by atoms with van der Waals surface area (Å²) in [5, 5.41) is 11.5. The van der Waals surface area contributed by atoms with Gasteiger partial charge in [0.15, 0.2) is 10.9 Å². The average Bonchev–Trinajstić information content (AvgIpc) is 2.95. The maximum atomic E-state index is 12.4.